The first-order valence-electron chi connectivity index (χ1n) is 4.61. The summed E-state index contributed by atoms with van der Waals surface area (Å²) in [6, 6.07) is 0.301. The summed E-state index contributed by atoms with van der Waals surface area (Å²) >= 11 is 0. The molecular formula is C9H17NO. The highest BCUT2D eigenvalue weighted by molar-refractivity contribution is 5.96. The fraction of sp³-hybridized carbons (Fsp3) is 0.889. The van der Waals surface area contributed by atoms with Crippen molar-refractivity contribution in [3.8, 4) is 0 Å². The van der Waals surface area contributed by atoms with E-state index in [-0.39, 0.29) is 0 Å². The zero-order valence-corrected chi connectivity index (χ0v) is 7.47. The second-order valence-electron chi connectivity index (χ2n) is 3.19. The van der Waals surface area contributed by atoms with Gasteiger partial charge in [-0.1, -0.05) is 26.7 Å². The van der Waals surface area contributed by atoms with Crippen molar-refractivity contribution in [2.24, 2.45) is 0 Å². The molecule has 1 unspecified atom stereocenters. The van der Waals surface area contributed by atoms with Crippen LogP contribution in [0.1, 0.15) is 39.5 Å². The molecule has 0 aromatic carbocycles. The van der Waals surface area contributed by atoms with Gasteiger partial charge in [0, 0.05) is 6.54 Å². The second kappa shape index (κ2) is 3.74. The van der Waals surface area contributed by atoms with Crippen LogP contribution in [0, 0.1) is 0 Å². The van der Waals surface area contributed by atoms with Gasteiger partial charge in [0.05, 0.1) is 0 Å². The molecule has 0 aromatic heterocycles. The minimum absolute atomic E-state index is 0.301. The molecule has 0 saturated carbocycles. The summed E-state index contributed by atoms with van der Waals surface area (Å²) < 4.78 is 0. The molecule has 0 aliphatic carbocycles. The first-order chi connectivity index (χ1) is 5.31. The molecule has 1 heterocycles. The summed E-state index contributed by atoms with van der Waals surface area (Å²) in [7, 11) is 0. The smallest absolute Gasteiger partial charge is 0.246 e. The van der Waals surface area contributed by atoms with Crippen LogP contribution in [0.5, 0.6) is 0 Å². The number of nitrogens with zero attached hydrogens (tertiary/aromatic N) is 1. The monoisotopic (exact) mass is 155 g/mol. The molecule has 0 aromatic rings. The van der Waals surface area contributed by atoms with E-state index in [0.717, 1.165) is 19.4 Å². The van der Waals surface area contributed by atoms with E-state index in [2.05, 4.69) is 13.8 Å². The fourth-order valence-electron chi connectivity index (χ4n) is 1.44. The topological polar surface area (TPSA) is 20.1 Å². The van der Waals surface area contributed by atoms with Crippen LogP contribution in [-0.2, 0) is 4.79 Å². The average Bonchev–Trinajstić information content (AvgIpc) is 2.59. The van der Waals surface area contributed by atoms with Crippen LogP contribution in [0.2, 0.25) is 0 Å². The van der Waals surface area contributed by atoms with Gasteiger partial charge in [0.25, 0.3) is 0 Å². The summed E-state index contributed by atoms with van der Waals surface area (Å²) in [5, 5.41) is 0. The third-order valence-corrected chi connectivity index (χ3v) is 2.17. The SMILES string of the molecule is CCCCC1C(=O)N1CCC. The Bertz CT molecular complexity index is 144. The van der Waals surface area contributed by atoms with E-state index in [4.69, 9.17) is 0 Å². The lowest BCUT2D eigenvalue weighted by atomic mass is 10.2. The maximum atomic E-state index is 11.0. The number of carbonyl (C=O) groups is 1. The standard InChI is InChI=1S/C9H17NO/c1-3-5-6-8-9(11)10(8)7-4-2/h8H,3-7H2,1-2H3. The van der Waals surface area contributed by atoms with Crippen LogP contribution >= 0.6 is 0 Å². The summed E-state index contributed by atoms with van der Waals surface area (Å²) in [6.45, 7) is 5.24. The highest BCUT2D eigenvalue weighted by Crippen LogP contribution is 2.24. The van der Waals surface area contributed by atoms with Crippen LogP contribution in [0.25, 0.3) is 0 Å². The third-order valence-electron chi connectivity index (χ3n) is 2.17. The fourth-order valence-corrected chi connectivity index (χ4v) is 1.44. The maximum absolute atomic E-state index is 11.0. The predicted octanol–water partition coefficient (Wildman–Crippen LogP) is 1.80. The maximum Gasteiger partial charge on any atom is 0.246 e. The highest BCUT2D eigenvalue weighted by atomic mass is 16.2. The lowest BCUT2D eigenvalue weighted by Gasteiger charge is -1.97. The van der Waals surface area contributed by atoms with Crippen LogP contribution < -0.4 is 0 Å². The van der Waals surface area contributed by atoms with Crippen molar-refractivity contribution in [3.05, 3.63) is 0 Å². The Morgan fingerprint density at radius 1 is 1.36 bits per heavy atom. The molecule has 1 aliphatic heterocycles. The Morgan fingerprint density at radius 3 is 2.64 bits per heavy atom. The van der Waals surface area contributed by atoms with Crippen molar-refractivity contribution in [1.82, 2.24) is 4.90 Å². The highest BCUT2D eigenvalue weighted by Gasteiger charge is 2.43. The molecule has 1 atom stereocenters. The summed E-state index contributed by atoms with van der Waals surface area (Å²) in [4.78, 5) is 13.0. The van der Waals surface area contributed by atoms with Crippen molar-refractivity contribution in [1.29, 1.82) is 0 Å². The van der Waals surface area contributed by atoms with Gasteiger partial charge in [0.2, 0.25) is 5.91 Å². The minimum atomic E-state index is 0.301. The van der Waals surface area contributed by atoms with Crippen molar-refractivity contribution in [2.75, 3.05) is 6.54 Å². The lowest BCUT2D eigenvalue weighted by Crippen LogP contribution is -2.02. The van der Waals surface area contributed by atoms with Crippen molar-refractivity contribution in [2.45, 2.75) is 45.6 Å². The van der Waals surface area contributed by atoms with Gasteiger partial charge in [-0.05, 0) is 12.8 Å². The zero-order chi connectivity index (χ0) is 8.27. The van der Waals surface area contributed by atoms with Crippen LogP contribution in [0.4, 0.5) is 0 Å². The second-order valence-corrected chi connectivity index (χ2v) is 3.19. The molecule has 11 heavy (non-hydrogen) atoms. The van der Waals surface area contributed by atoms with Crippen molar-refractivity contribution < 1.29 is 4.79 Å². The molecule has 1 amide bonds. The summed E-state index contributed by atoms with van der Waals surface area (Å²) in [5.74, 6) is 0.375. The Kier molecular flexibility index (Phi) is 2.92. The first kappa shape index (κ1) is 8.57. The molecule has 2 nitrogen and oxygen atoms in total. The van der Waals surface area contributed by atoms with Gasteiger partial charge in [-0.2, -0.15) is 0 Å². The predicted molar refractivity (Wildman–Crippen MR) is 45.3 cm³/mol. The van der Waals surface area contributed by atoms with E-state index in [1.165, 1.54) is 12.8 Å². The van der Waals surface area contributed by atoms with Gasteiger partial charge >= 0.3 is 0 Å². The lowest BCUT2D eigenvalue weighted by molar-refractivity contribution is -0.113. The number of hydrogen-bond donors (Lipinski definition) is 0. The van der Waals surface area contributed by atoms with E-state index in [1.54, 1.807) is 0 Å². The minimum Gasteiger partial charge on any atom is -0.329 e. The number of unbranched alkanes of at least 4 members (excludes halogenated alkanes) is 1. The number of carbonyl (C=O) groups excluding carboxylic acids is 1. The van der Waals surface area contributed by atoms with E-state index in [9.17, 15) is 4.79 Å². The van der Waals surface area contributed by atoms with Crippen LogP contribution in [-0.4, -0.2) is 23.4 Å². The summed E-state index contributed by atoms with van der Waals surface area (Å²) in [5.41, 5.74) is 0. The van der Waals surface area contributed by atoms with Crippen LogP contribution in [0.3, 0.4) is 0 Å². The average molecular weight is 155 g/mol. The van der Waals surface area contributed by atoms with Gasteiger partial charge in [-0.25, -0.2) is 0 Å². The Balaban J connectivity index is 2.14. The normalized spacial score (nSPS) is 22.5. The number of hydrogen-bond acceptors (Lipinski definition) is 1. The molecule has 1 saturated heterocycles. The molecule has 1 fully saturated rings. The van der Waals surface area contributed by atoms with Crippen LogP contribution in [0.15, 0.2) is 0 Å². The molecule has 1 aliphatic rings. The van der Waals surface area contributed by atoms with E-state index >= 15 is 0 Å². The molecule has 0 radical (unpaired) electrons. The third kappa shape index (κ3) is 1.95. The van der Waals surface area contributed by atoms with Gasteiger partial charge in [-0.3, -0.25) is 4.79 Å². The molecular weight excluding hydrogens is 138 g/mol. The van der Waals surface area contributed by atoms with Gasteiger partial charge in [0.15, 0.2) is 0 Å². The molecule has 1 rings (SSSR count). The Morgan fingerprint density at radius 2 is 2.09 bits per heavy atom. The zero-order valence-electron chi connectivity index (χ0n) is 7.47. The van der Waals surface area contributed by atoms with E-state index in [0.29, 0.717) is 11.9 Å². The number of amides is 1. The molecule has 0 N–H and O–H groups in total. The number of rotatable bonds is 5. The summed E-state index contributed by atoms with van der Waals surface area (Å²) in [6.07, 6.45) is 4.56. The quantitative estimate of drug-likeness (QED) is 0.554. The largest absolute Gasteiger partial charge is 0.329 e. The van der Waals surface area contributed by atoms with Gasteiger partial charge in [0.1, 0.15) is 6.04 Å². The Hall–Kier alpha value is -0.530. The molecule has 64 valence electrons. The first-order valence-corrected chi connectivity index (χ1v) is 4.61. The Labute approximate surface area is 68.6 Å². The molecule has 0 bridgehead atoms. The van der Waals surface area contributed by atoms with Crippen molar-refractivity contribution in [3.63, 3.8) is 0 Å². The van der Waals surface area contributed by atoms with E-state index < -0.39 is 0 Å². The van der Waals surface area contributed by atoms with Gasteiger partial charge in [-0.15, -0.1) is 0 Å². The molecule has 0 spiro atoms. The molecule has 2 heteroatoms. The van der Waals surface area contributed by atoms with E-state index in [1.807, 2.05) is 4.90 Å². The van der Waals surface area contributed by atoms with Crippen molar-refractivity contribution >= 4 is 5.91 Å². The van der Waals surface area contributed by atoms with Gasteiger partial charge < -0.3 is 4.90 Å².